The quantitative estimate of drug-likeness (QED) is 0.377. The van der Waals surface area contributed by atoms with Crippen LogP contribution in [0.15, 0.2) is 12.4 Å². The molecule has 26 heavy (non-hydrogen) atoms. The van der Waals surface area contributed by atoms with Crippen molar-refractivity contribution in [3.63, 3.8) is 0 Å². The van der Waals surface area contributed by atoms with Crippen molar-refractivity contribution in [2.75, 3.05) is 0 Å². The Morgan fingerprint density at radius 2 is 1.73 bits per heavy atom. The van der Waals surface area contributed by atoms with Crippen LogP contribution in [0.2, 0.25) is 28.2 Å². The van der Waals surface area contributed by atoms with Gasteiger partial charge in [-0.25, -0.2) is 0 Å². The lowest BCUT2D eigenvalue weighted by Crippen LogP contribution is -2.45. The molecule has 0 spiro atoms. The van der Waals surface area contributed by atoms with E-state index in [0.717, 1.165) is 49.4 Å². The van der Waals surface area contributed by atoms with Gasteiger partial charge in [0.1, 0.15) is 0 Å². The number of halogens is 2. The maximum atomic E-state index is 6.81. The highest BCUT2D eigenvalue weighted by Crippen LogP contribution is 2.40. The number of rotatable bonds is 10. The zero-order valence-electron chi connectivity index (χ0n) is 16.8. The van der Waals surface area contributed by atoms with Crippen LogP contribution >= 0.6 is 23.2 Å². The molecule has 1 aromatic heterocycles. The van der Waals surface area contributed by atoms with E-state index in [4.69, 9.17) is 32.4 Å². The third-order valence-corrected chi connectivity index (χ3v) is 11.0. The molecule has 0 aliphatic carbocycles. The first-order chi connectivity index (χ1) is 12.3. The fourth-order valence-corrected chi connectivity index (χ4v) is 7.42. The van der Waals surface area contributed by atoms with Gasteiger partial charge in [-0.15, -0.1) is 0 Å². The van der Waals surface area contributed by atoms with Gasteiger partial charge in [0.05, 0.1) is 27.9 Å². The van der Waals surface area contributed by atoms with Gasteiger partial charge in [0.15, 0.2) is 8.32 Å². The van der Waals surface area contributed by atoms with Crippen LogP contribution in [0.5, 0.6) is 0 Å². The molecule has 1 aromatic rings. The summed E-state index contributed by atoms with van der Waals surface area (Å²) in [6, 6.07) is 3.32. The van der Waals surface area contributed by atoms with Crippen molar-refractivity contribution >= 4 is 31.5 Å². The van der Waals surface area contributed by atoms with Gasteiger partial charge in [-0.1, -0.05) is 44.0 Å². The third kappa shape index (κ3) is 5.45. The Balaban J connectivity index is 2.11. The molecule has 0 saturated carbocycles. The number of pyridine rings is 1. The Morgan fingerprint density at radius 1 is 1.19 bits per heavy atom. The predicted octanol–water partition coefficient (Wildman–Crippen LogP) is 7.19. The average molecular weight is 418 g/mol. The summed E-state index contributed by atoms with van der Waals surface area (Å²) >= 11 is 12.9. The molecule has 0 amide bonds. The highest BCUT2D eigenvalue weighted by Gasteiger charge is 2.37. The summed E-state index contributed by atoms with van der Waals surface area (Å²) in [4.78, 5) is 4.10. The molecule has 6 heteroatoms. The first kappa shape index (κ1) is 22.2. The molecular formula is C20H33Cl2NO2Si. The summed E-state index contributed by atoms with van der Waals surface area (Å²) < 4.78 is 12.7. The van der Waals surface area contributed by atoms with Crippen molar-refractivity contribution in [2.45, 2.75) is 96.2 Å². The smallest absolute Gasteiger partial charge is 0.192 e. The predicted molar refractivity (Wildman–Crippen MR) is 113 cm³/mol. The van der Waals surface area contributed by atoms with Crippen molar-refractivity contribution in [3.05, 3.63) is 28.0 Å². The van der Waals surface area contributed by atoms with Crippen LogP contribution in [0.4, 0.5) is 0 Å². The molecule has 1 unspecified atom stereocenters. The number of hydrogen-bond acceptors (Lipinski definition) is 3. The van der Waals surface area contributed by atoms with Crippen LogP contribution in [0.25, 0.3) is 0 Å². The van der Waals surface area contributed by atoms with E-state index in [9.17, 15) is 0 Å². The lowest BCUT2D eigenvalue weighted by molar-refractivity contribution is -0.186. The third-order valence-electron chi connectivity index (χ3n) is 5.73. The highest BCUT2D eigenvalue weighted by atomic mass is 35.5. The number of hydrogen-bond donors (Lipinski definition) is 0. The highest BCUT2D eigenvalue weighted by molar-refractivity contribution is 6.73. The van der Waals surface area contributed by atoms with Crippen molar-refractivity contribution in [2.24, 2.45) is 0 Å². The Morgan fingerprint density at radius 3 is 2.19 bits per heavy atom. The first-order valence-electron chi connectivity index (χ1n) is 9.90. The molecule has 0 bridgehead atoms. The average Bonchev–Trinajstić information content (AvgIpc) is 2.57. The lowest BCUT2D eigenvalue weighted by atomic mass is 9.89. The molecule has 1 fully saturated rings. The lowest BCUT2D eigenvalue weighted by Gasteiger charge is -2.43. The van der Waals surface area contributed by atoms with Crippen molar-refractivity contribution in [1.82, 2.24) is 4.98 Å². The van der Waals surface area contributed by atoms with E-state index in [2.05, 4.69) is 39.6 Å². The van der Waals surface area contributed by atoms with Gasteiger partial charge < -0.3 is 9.16 Å². The minimum atomic E-state index is -1.77. The summed E-state index contributed by atoms with van der Waals surface area (Å²) in [5, 5.41) is 1.21. The van der Waals surface area contributed by atoms with Gasteiger partial charge in [-0.2, -0.15) is 0 Å². The SMILES string of the molecule is CC[Si](CC)(CC)OC(CCC[C@@H]1CC(C)(C)O1)c1c(Cl)cncc1Cl. The molecule has 1 saturated heterocycles. The largest absolute Gasteiger partial charge is 0.410 e. The Hall–Kier alpha value is -0.133. The zero-order valence-corrected chi connectivity index (χ0v) is 19.3. The standard InChI is InChI=1S/C20H33Cl2NO2Si/c1-6-26(7-2,8-3)25-18(19-16(21)13-23-14-17(19)22)11-9-10-15-12-20(4,5)24-15/h13-15,18H,6-12H2,1-5H3/t15-,18?/m1/s1. The Bertz CT molecular complexity index is 557. The molecule has 1 aliphatic heterocycles. The molecular weight excluding hydrogens is 385 g/mol. The minimum absolute atomic E-state index is 0.0486. The number of nitrogens with zero attached hydrogens (tertiary/aromatic N) is 1. The fourth-order valence-electron chi connectivity index (χ4n) is 3.97. The van der Waals surface area contributed by atoms with Gasteiger partial charge in [0, 0.05) is 24.4 Å². The first-order valence-corrected chi connectivity index (χ1v) is 13.2. The van der Waals surface area contributed by atoms with E-state index in [1.165, 1.54) is 0 Å². The minimum Gasteiger partial charge on any atom is -0.410 e. The topological polar surface area (TPSA) is 31.4 Å². The van der Waals surface area contributed by atoms with E-state index in [-0.39, 0.29) is 11.7 Å². The Kier molecular flexibility index (Phi) is 7.99. The molecule has 0 N–H and O–H groups in total. The number of ether oxygens (including phenoxy) is 1. The van der Waals surface area contributed by atoms with E-state index >= 15 is 0 Å². The van der Waals surface area contributed by atoms with Gasteiger partial charge >= 0.3 is 0 Å². The van der Waals surface area contributed by atoms with Crippen LogP contribution in [0.1, 0.15) is 72.0 Å². The van der Waals surface area contributed by atoms with Gasteiger partial charge in [-0.3, -0.25) is 4.98 Å². The molecule has 1 aliphatic rings. The molecule has 148 valence electrons. The summed E-state index contributed by atoms with van der Waals surface area (Å²) in [6.45, 7) is 11.0. The number of aromatic nitrogens is 1. The molecule has 0 aromatic carbocycles. The molecule has 3 nitrogen and oxygen atoms in total. The molecule has 2 heterocycles. The van der Waals surface area contributed by atoms with Gasteiger partial charge in [-0.05, 0) is 51.2 Å². The van der Waals surface area contributed by atoms with Crippen molar-refractivity contribution in [1.29, 1.82) is 0 Å². The second-order valence-corrected chi connectivity index (χ2v) is 13.5. The van der Waals surface area contributed by atoms with Crippen molar-refractivity contribution in [3.8, 4) is 0 Å². The van der Waals surface area contributed by atoms with E-state index in [1.807, 2.05) is 0 Å². The maximum Gasteiger partial charge on any atom is 0.192 e. The van der Waals surface area contributed by atoms with Crippen molar-refractivity contribution < 1.29 is 9.16 Å². The maximum absolute atomic E-state index is 6.81. The summed E-state index contributed by atoms with van der Waals surface area (Å²) in [7, 11) is -1.77. The second kappa shape index (κ2) is 9.38. The zero-order chi connectivity index (χ0) is 19.4. The monoisotopic (exact) mass is 417 g/mol. The Labute approximate surface area is 169 Å². The van der Waals surface area contributed by atoms with Gasteiger partial charge in [0.2, 0.25) is 0 Å². The van der Waals surface area contributed by atoms with Crippen LogP contribution in [0.3, 0.4) is 0 Å². The summed E-state index contributed by atoms with van der Waals surface area (Å²) in [5.41, 5.74) is 0.956. The normalized spacial score (nSPS) is 20.7. The van der Waals surface area contributed by atoms with E-state index < -0.39 is 8.32 Å². The van der Waals surface area contributed by atoms with Crippen LogP contribution < -0.4 is 0 Å². The fraction of sp³-hybridized carbons (Fsp3) is 0.750. The van der Waals surface area contributed by atoms with Gasteiger partial charge in [0.25, 0.3) is 0 Å². The molecule has 2 rings (SSSR count). The van der Waals surface area contributed by atoms with Crippen LogP contribution in [0, 0.1) is 0 Å². The molecule has 2 atom stereocenters. The van der Waals surface area contributed by atoms with Crippen LogP contribution in [-0.2, 0) is 9.16 Å². The molecule has 0 radical (unpaired) electrons. The van der Waals surface area contributed by atoms with Crippen LogP contribution in [-0.4, -0.2) is 25.0 Å². The van der Waals surface area contributed by atoms with E-state index in [1.54, 1.807) is 12.4 Å². The second-order valence-electron chi connectivity index (χ2n) is 8.00. The van der Waals surface area contributed by atoms with E-state index in [0.29, 0.717) is 16.1 Å². The summed E-state index contributed by atoms with van der Waals surface area (Å²) in [5.74, 6) is 0. The summed E-state index contributed by atoms with van der Waals surface area (Å²) in [6.07, 6.45) is 7.81.